The van der Waals surface area contributed by atoms with Gasteiger partial charge in [0.25, 0.3) is 5.91 Å². The van der Waals surface area contributed by atoms with Crippen LogP contribution in [0.1, 0.15) is 30.6 Å². The average Bonchev–Trinajstić information content (AvgIpc) is 2.21. The Hall–Kier alpha value is -0.330. The summed E-state index contributed by atoms with van der Waals surface area (Å²) in [6.07, 6.45) is 0.511. The highest BCUT2D eigenvalue weighted by molar-refractivity contribution is 14.1. The highest BCUT2D eigenvalue weighted by Gasteiger charge is 2.20. The summed E-state index contributed by atoms with van der Waals surface area (Å²) < 4.78 is 0.912. The summed E-state index contributed by atoms with van der Waals surface area (Å²) in [6.45, 7) is 3.78. The minimum Gasteiger partial charge on any atom is -0.396 e. The molecule has 1 rings (SSSR count). The molecule has 0 aliphatic rings. The summed E-state index contributed by atoms with van der Waals surface area (Å²) in [4.78, 5) is 11.9. The molecule has 0 radical (unpaired) electrons. The molecule has 0 aromatic heterocycles. The largest absolute Gasteiger partial charge is 0.396 e. The Morgan fingerprint density at radius 3 is 2.71 bits per heavy atom. The fourth-order valence-electron chi connectivity index (χ4n) is 1.36. The lowest BCUT2D eigenvalue weighted by Gasteiger charge is -2.25. The normalized spacial score (nSPS) is 11.4. The SMILES string of the molecule is CC(C)(CCO)NC(=O)c1ccc(I)c(Cl)c1. The predicted molar refractivity (Wildman–Crippen MR) is 77.4 cm³/mol. The Balaban J connectivity index is 2.80. The fourth-order valence-corrected chi connectivity index (χ4v) is 1.87. The van der Waals surface area contributed by atoms with Crippen molar-refractivity contribution in [3.05, 3.63) is 32.4 Å². The number of aliphatic hydroxyl groups excluding tert-OH is 1. The zero-order chi connectivity index (χ0) is 13.1. The van der Waals surface area contributed by atoms with Crippen molar-refractivity contribution in [1.29, 1.82) is 0 Å². The summed E-state index contributed by atoms with van der Waals surface area (Å²) in [5.74, 6) is -0.179. The van der Waals surface area contributed by atoms with Crippen molar-refractivity contribution in [3.63, 3.8) is 0 Å². The van der Waals surface area contributed by atoms with Gasteiger partial charge in [0.1, 0.15) is 0 Å². The van der Waals surface area contributed by atoms with Crippen molar-refractivity contribution in [2.75, 3.05) is 6.61 Å². The summed E-state index contributed by atoms with van der Waals surface area (Å²) >= 11 is 8.07. The lowest BCUT2D eigenvalue weighted by molar-refractivity contribution is 0.0899. The lowest BCUT2D eigenvalue weighted by atomic mass is 10.0. The lowest BCUT2D eigenvalue weighted by Crippen LogP contribution is -2.44. The molecule has 0 aliphatic heterocycles. The molecule has 0 saturated heterocycles. The quantitative estimate of drug-likeness (QED) is 0.804. The van der Waals surface area contributed by atoms with Crippen LogP contribution >= 0.6 is 34.2 Å². The molecule has 1 aromatic rings. The molecule has 94 valence electrons. The molecule has 0 saturated carbocycles. The standard InChI is InChI=1S/C12H15ClINO2/c1-12(2,5-6-16)15-11(17)8-3-4-10(14)9(13)7-8/h3-4,7,16H,5-6H2,1-2H3,(H,15,17). The van der Waals surface area contributed by atoms with Crippen molar-refractivity contribution < 1.29 is 9.90 Å². The van der Waals surface area contributed by atoms with E-state index >= 15 is 0 Å². The maximum Gasteiger partial charge on any atom is 0.251 e. The van der Waals surface area contributed by atoms with Gasteiger partial charge in [-0.05, 0) is 61.1 Å². The predicted octanol–water partition coefficient (Wildman–Crippen LogP) is 2.84. The highest BCUT2D eigenvalue weighted by atomic mass is 127. The van der Waals surface area contributed by atoms with Gasteiger partial charge in [0, 0.05) is 21.3 Å². The third-order valence-electron chi connectivity index (χ3n) is 2.37. The van der Waals surface area contributed by atoms with E-state index in [9.17, 15) is 4.79 Å². The van der Waals surface area contributed by atoms with E-state index in [1.165, 1.54) is 0 Å². The molecule has 2 N–H and O–H groups in total. The number of nitrogens with one attached hydrogen (secondary N) is 1. The van der Waals surface area contributed by atoms with Crippen LogP contribution in [-0.2, 0) is 0 Å². The molecular formula is C12H15ClINO2. The van der Waals surface area contributed by atoms with Gasteiger partial charge in [0.05, 0.1) is 5.02 Å². The van der Waals surface area contributed by atoms with Crippen molar-refractivity contribution in [2.24, 2.45) is 0 Å². The van der Waals surface area contributed by atoms with Crippen LogP contribution < -0.4 is 5.32 Å². The monoisotopic (exact) mass is 367 g/mol. The smallest absolute Gasteiger partial charge is 0.251 e. The molecule has 0 atom stereocenters. The van der Waals surface area contributed by atoms with E-state index in [4.69, 9.17) is 16.7 Å². The van der Waals surface area contributed by atoms with Crippen LogP contribution in [0.5, 0.6) is 0 Å². The minimum atomic E-state index is -0.429. The van der Waals surface area contributed by atoms with E-state index in [-0.39, 0.29) is 12.5 Å². The van der Waals surface area contributed by atoms with Gasteiger partial charge in [0.15, 0.2) is 0 Å². The van der Waals surface area contributed by atoms with Gasteiger partial charge in [-0.2, -0.15) is 0 Å². The van der Waals surface area contributed by atoms with Crippen LogP contribution in [-0.4, -0.2) is 23.2 Å². The maximum atomic E-state index is 11.9. The second kappa shape index (κ2) is 6.02. The van der Waals surface area contributed by atoms with Gasteiger partial charge in [-0.1, -0.05) is 11.6 Å². The first kappa shape index (κ1) is 14.7. The molecule has 0 bridgehead atoms. The zero-order valence-electron chi connectivity index (χ0n) is 9.76. The molecule has 0 unspecified atom stereocenters. The summed E-state index contributed by atoms with van der Waals surface area (Å²) in [5, 5.41) is 12.3. The second-order valence-corrected chi connectivity index (χ2v) is 6.01. The van der Waals surface area contributed by atoms with E-state index in [0.29, 0.717) is 17.0 Å². The Labute approximate surface area is 120 Å². The number of aliphatic hydroxyl groups is 1. The molecule has 0 fully saturated rings. The number of halogens is 2. The van der Waals surface area contributed by atoms with Crippen LogP contribution in [0.15, 0.2) is 18.2 Å². The van der Waals surface area contributed by atoms with Crippen LogP contribution in [0.4, 0.5) is 0 Å². The zero-order valence-corrected chi connectivity index (χ0v) is 12.7. The number of hydrogen-bond donors (Lipinski definition) is 2. The van der Waals surface area contributed by atoms with E-state index < -0.39 is 5.54 Å². The van der Waals surface area contributed by atoms with Crippen molar-refractivity contribution in [1.82, 2.24) is 5.32 Å². The maximum absolute atomic E-state index is 11.9. The molecule has 1 amide bonds. The molecular weight excluding hydrogens is 352 g/mol. The van der Waals surface area contributed by atoms with Gasteiger partial charge >= 0.3 is 0 Å². The number of benzene rings is 1. The third-order valence-corrected chi connectivity index (χ3v) is 3.94. The summed E-state index contributed by atoms with van der Waals surface area (Å²) in [7, 11) is 0. The first-order valence-electron chi connectivity index (χ1n) is 5.24. The molecule has 1 aromatic carbocycles. The second-order valence-electron chi connectivity index (χ2n) is 4.44. The van der Waals surface area contributed by atoms with Crippen LogP contribution in [0.25, 0.3) is 0 Å². The number of carbonyl (C=O) groups excluding carboxylic acids is 1. The Morgan fingerprint density at radius 2 is 2.18 bits per heavy atom. The minimum absolute atomic E-state index is 0.0424. The van der Waals surface area contributed by atoms with E-state index in [0.717, 1.165) is 3.57 Å². The van der Waals surface area contributed by atoms with Crippen LogP contribution in [0, 0.1) is 3.57 Å². The Morgan fingerprint density at radius 1 is 1.53 bits per heavy atom. The molecule has 0 spiro atoms. The van der Waals surface area contributed by atoms with Crippen LogP contribution in [0.2, 0.25) is 5.02 Å². The van der Waals surface area contributed by atoms with Crippen molar-refractivity contribution >= 4 is 40.1 Å². The van der Waals surface area contributed by atoms with E-state index in [2.05, 4.69) is 27.9 Å². The molecule has 0 heterocycles. The van der Waals surface area contributed by atoms with E-state index in [1.54, 1.807) is 18.2 Å². The van der Waals surface area contributed by atoms with Crippen molar-refractivity contribution in [3.8, 4) is 0 Å². The average molecular weight is 368 g/mol. The number of carbonyl (C=O) groups is 1. The summed E-state index contributed by atoms with van der Waals surface area (Å²) in [6, 6.07) is 5.18. The first-order valence-corrected chi connectivity index (χ1v) is 6.70. The third kappa shape index (κ3) is 4.44. The number of hydrogen-bond acceptors (Lipinski definition) is 2. The Kier molecular flexibility index (Phi) is 5.22. The summed E-state index contributed by atoms with van der Waals surface area (Å²) in [5.41, 5.74) is 0.0998. The molecule has 0 aliphatic carbocycles. The van der Waals surface area contributed by atoms with E-state index in [1.807, 2.05) is 13.8 Å². The van der Waals surface area contributed by atoms with Gasteiger partial charge in [-0.25, -0.2) is 0 Å². The molecule has 17 heavy (non-hydrogen) atoms. The first-order chi connectivity index (χ1) is 7.85. The van der Waals surface area contributed by atoms with Crippen LogP contribution in [0.3, 0.4) is 0 Å². The number of amides is 1. The molecule has 3 nitrogen and oxygen atoms in total. The van der Waals surface area contributed by atoms with Gasteiger partial charge in [0.2, 0.25) is 0 Å². The highest BCUT2D eigenvalue weighted by Crippen LogP contribution is 2.20. The van der Waals surface area contributed by atoms with Gasteiger partial charge < -0.3 is 10.4 Å². The Bertz CT molecular complexity index is 421. The number of rotatable bonds is 4. The molecule has 5 heteroatoms. The topological polar surface area (TPSA) is 49.3 Å². The van der Waals surface area contributed by atoms with Crippen molar-refractivity contribution in [2.45, 2.75) is 25.8 Å². The van der Waals surface area contributed by atoms with Gasteiger partial charge in [-0.3, -0.25) is 4.79 Å². The van der Waals surface area contributed by atoms with Gasteiger partial charge in [-0.15, -0.1) is 0 Å². The fraction of sp³-hybridized carbons (Fsp3) is 0.417.